The summed E-state index contributed by atoms with van der Waals surface area (Å²) in [6, 6.07) is 11.5. The average Bonchev–Trinajstić information content (AvgIpc) is 3.19. The highest BCUT2D eigenvalue weighted by Gasteiger charge is 2.44. The number of nitrogens with zero attached hydrogens (tertiary/aromatic N) is 3. The highest BCUT2D eigenvalue weighted by atomic mass is 35.5. The van der Waals surface area contributed by atoms with Gasteiger partial charge in [-0.15, -0.1) is 11.3 Å². The van der Waals surface area contributed by atoms with Crippen LogP contribution in [0.5, 0.6) is 5.88 Å². The molecule has 0 bridgehead atoms. The highest BCUT2D eigenvalue weighted by Crippen LogP contribution is 2.39. The molecule has 0 aliphatic rings. The van der Waals surface area contributed by atoms with Crippen molar-refractivity contribution in [2.75, 3.05) is 4.72 Å². The number of thiophene rings is 1. The second kappa shape index (κ2) is 8.52. The summed E-state index contributed by atoms with van der Waals surface area (Å²) < 4.78 is 74.3. The number of fused-ring (bicyclic) bond motifs is 1. The molecule has 166 valence electrons. The van der Waals surface area contributed by atoms with Crippen LogP contribution in [0.1, 0.15) is 11.7 Å². The summed E-state index contributed by atoms with van der Waals surface area (Å²) in [7, 11) is -4.21. The van der Waals surface area contributed by atoms with Gasteiger partial charge >= 0.3 is 6.18 Å². The number of rotatable bonds is 6. The number of sulfonamides is 1. The molecule has 13 heteroatoms. The van der Waals surface area contributed by atoms with Gasteiger partial charge in [0.05, 0.1) is 15.4 Å². The van der Waals surface area contributed by atoms with Crippen molar-refractivity contribution in [1.82, 2.24) is 15.0 Å². The van der Waals surface area contributed by atoms with Crippen LogP contribution in [0.15, 0.2) is 65.1 Å². The molecule has 0 radical (unpaired) electrons. The Kier molecular flexibility index (Phi) is 5.93. The number of pyridine rings is 1. The fraction of sp³-hybridized carbons (Fsp3) is 0.105. The second-order valence-electron chi connectivity index (χ2n) is 6.36. The van der Waals surface area contributed by atoms with E-state index in [1.807, 2.05) is 0 Å². The molecular weight excluding hydrogens is 489 g/mol. The molecule has 3 heterocycles. The van der Waals surface area contributed by atoms with E-state index < -0.39 is 34.0 Å². The Bertz CT molecular complexity index is 1370. The lowest BCUT2D eigenvalue weighted by Crippen LogP contribution is -2.27. The SMILES string of the molecule is O=S(=O)(Nc1nc2ccccc2nc1OC(c1cccnc1)C(F)(F)F)c1ccc(Cl)s1. The first-order valence-corrected chi connectivity index (χ1v) is 11.5. The lowest BCUT2D eigenvalue weighted by molar-refractivity contribution is -0.198. The molecular formula is C19H12ClF3N4O3S2. The van der Waals surface area contributed by atoms with Crippen LogP contribution in [0.4, 0.5) is 19.0 Å². The maximum atomic E-state index is 13.8. The monoisotopic (exact) mass is 500 g/mol. The maximum absolute atomic E-state index is 13.8. The highest BCUT2D eigenvalue weighted by molar-refractivity contribution is 7.94. The third kappa shape index (κ3) is 4.76. The summed E-state index contributed by atoms with van der Waals surface area (Å²) in [4.78, 5) is 11.9. The second-order valence-corrected chi connectivity index (χ2v) is 9.98. The lowest BCUT2D eigenvalue weighted by atomic mass is 10.1. The van der Waals surface area contributed by atoms with Crippen molar-refractivity contribution in [2.24, 2.45) is 0 Å². The van der Waals surface area contributed by atoms with Gasteiger partial charge in [-0.3, -0.25) is 9.71 Å². The van der Waals surface area contributed by atoms with Crippen LogP contribution >= 0.6 is 22.9 Å². The third-order valence-electron chi connectivity index (χ3n) is 4.10. The summed E-state index contributed by atoms with van der Waals surface area (Å²) >= 11 is 6.58. The number of aromatic nitrogens is 3. The molecule has 1 aromatic carbocycles. The van der Waals surface area contributed by atoms with E-state index in [0.29, 0.717) is 0 Å². The van der Waals surface area contributed by atoms with Crippen molar-refractivity contribution in [3.05, 3.63) is 70.8 Å². The molecule has 0 aliphatic carbocycles. The summed E-state index contributed by atoms with van der Waals surface area (Å²) in [5, 5.41) is 0. The zero-order chi connectivity index (χ0) is 22.9. The molecule has 0 fully saturated rings. The van der Waals surface area contributed by atoms with E-state index in [1.54, 1.807) is 12.1 Å². The largest absolute Gasteiger partial charge is 0.457 e. The first-order valence-electron chi connectivity index (χ1n) is 8.82. The van der Waals surface area contributed by atoms with Gasteiger partial charge < -0.3 is 4.74 Å². The minimum absolute atomic E-state index is 0.150. The fourth-order valence-electron chi connectivity index (χ4n) is 2.72. The van der Waals surface area contributed by atoms with Gasteiger partial charge in [0.15, 0.2) is 0 Å². The van der Waals surface area contributed by atoms with Gasteiger partial charge in [0.25, 0.3) is 15.9 Å². The zero-order valence-corrected chi connectivity index (χ0v) is 18.1. The first kappa shape index (κ1) is 22.2. The summed E-state index contributed by atoms with van der Waals surface area (Å²) in [5.41, 5.74) is 0.192. The number of nitrogens with one attached hydrogen (secondary N) is 1. The van der Waals surface area contributed by atoms with E-state index in [0.717, 1.165) is 17.5 Å². The summed E-state index contributed by atoms with van der Waals surface area (Å²) in [6.45, 7) is 0. The van der Waals surface area contributed by atoms with E-state index in [2.05, 4.69) is 19.7 Å². The van der Waals surface area contributed by atoms with Gasteiger partial charge in [0.1, 0.15) is 4.21 Å². The Balaban J connectivity index is 1.80. The van der Waals surface area contributed by atoms with Crippen LogP contribution < -0.4 is 9.46 Å². The van der Waals surface area contributed by atoms with Crippen molar-refractivity contribution in [2.45, 2.75) is 16.5 Å². The number of ether oxygens (including phenoxy) is 1. The Morgan fingerprint density at radius 2 is 1.75 bits per heavy atom. The number of anilines is 1. The molecule has 1 atom stereocenters. The van der Waals surface area contributed by atoms with E-state index >= 15 is 0 Å². The van der Waals surface area contributed by atoms with E-state index in [4.69, 9.17) is 16.3 Å². The van der Waals surface area contributed by atoms with Crippen LogP contribution in [-0.4, -0.2) is 29.5 Å². The Morgan fingerprint density at radius 3 is 2.34 bits per heavy atom. The lowest BCUT2D eigenvalue weighted by Gasteiger charge is -2.22. The topological polar surface area (TPSA) is 94.1 Å². The van der Waals surface area contributed by atoms with Crippen LogP contribution in [0.3, 0.4) is 0 Å². The van der Waals surface area contributed by atoms with Crippen molar-refractivity contribution in [3.8, 4) is 5.88 Å². The zero-order valence-electron chi connectivity index (χ0n) is 15.7. The van der Waals surface area contributed by atoms with Gasteiger partial charge in [0.2, 0.25) is 11.9 Å². The van der Waals surface area contributed by atoms with E-state index in [-0.39, 0.29) is 25.1 Å². The maximum Gasteiger partial charge on any atom is 0.429 e. The normalized spacial score (nSPS) is 13.1. The molecule has 3 aromatic heterocycles. The van der Waals surface area contributed by atoms with Crippen LogP contribution in [0, 0.1) is 0 Å². The van der Waals surface area contributed by atoms with E-state index in [9.17, 15) is 21.6 Å². The first-order chi connectivity index (χ1) is 15.1. The van der Waals surface area contributed by atoms with Crippen molar-refractivity contribution < 1.29 is 26.3 Å². The Morgan fingerprint density at radius 1 is 1.03 bits per heavy atom. The number of alkyl halides is 3. The quantitative estimate of drug-likeness (QED) is 0.390. The molecule has 4 rings (SSSR count). The van der Waals surface area contributed by atoms with Gasteiger partial charge in [-0.2, -0.15) is 13.2 Å². The fourth-order valence-corrected chi connectivity index (χ4v) is 5.20. The molecule has 32 heavy (non-hydrogen) atoms. The number of hydrogen-bond donors (Lipinski definition) is 1. The minimum Gasteiger partial charge on any atom is -0.457 e. The van der Waals surface area contributed by atoms with Gasteiger partial charge in [0, 0.05) is 18.0 Å². The van der Waals surface area contributed by atoms with Crippen LogP contribution in [0.2, 0.25) is 4.34 Å². The average molecular weight is 501 g/mol. The summed E-state index contributed by atoms with van der Waals surface area (Å²) in [5.74, 6) is -1.13. The molecule has 0 aliphatic heterocycles. The smallest absolute Gasteiger partial charge is 0.429 e. The third-order valence-corrected chi connectivity index (χ3v) is 7.16. The van der Waals surface area contributed by atoms with Crippen LogP contribution in [-0.2, 0) is 10.0 Å². The number of halogens is 4. The van der Waals surface area contributed by atoms with Crippen molar-refractivity contribution in [1.29, 1.82) is 0 Å². The predicted octanol–water partition coefficient (Wildman–Crippen LogP) is 5.22. The number of para-hydroxylation sites is 2. The summed E-state index contributed by atoms with van der Waals surface area (Å²) in [6.07, 6.45) is -4.97. The Labute approximate surface area is 188 Å². The number of hydrogen-bond acceptors (Lipinski definition) is 7. The van der Waals surface area contributed by atoms with Gasteiger partial charge in [-0.05, 0) is 30.3 Å². The van der Waals surface area contributed by atoms with Gasteiger partial charge in [-0.25, -0.2) is 18.4 Å². The minimum atomic E-state index is -4.84. The number of benzene rings is 1. The van der Waals surface area contributed by atoms with Gasteiger partial charge in [-0.1, -0.05) is 29.8 Å². The molecule has 0 saturated carbocycles. The molecule has 1 unspecified atom stereocenters. The molecule has 1 N–H and O–H groups in total. The van der Waals surface area contributed by atoms with Crippen molar-refractivity contribution >= 4 is 49.8 Å². The molecule has 4 aromatic rings. The Hall–Kier alpha value is -2.96. The molecule has 7 nitrogen and oxygen atoms in total. The standard InChI is InChI=1S/C19H12ClF3N4O3S2/c20-14-7-8-15(31-14)32(28,29)27-17-18(26-13-6-2-1-5-12(13)25-17)30-16(19(21,22)23)11-4-3-9-24-10-11/h1-10,16H,(H,25,27). The van der Waals surface area contributed by atoms with Crippen molar-refractivity contribution in [3.63, 3.8) is 0 Å². The molecule has 0 saturated heterocycles. The van der Waals surface area contributed by atoms with Crippen LogP contribution in [0.25, 0.3) is 11.0 Å². The van der Waals surface area contributed by atoms with E-state index in [1.165, 1.54) is 42.6 Å². The molecule has 0 amide bonds. The molecule has 0 spiro atoms. The predicted molar refractivity (Wildman–Crippen MR) is 113 cm³/mol.